The maximum atomic E-state index is 12.7. The van der Waals surface area contributed by atoms with Crippen LogP contribution >= 0.6 is 0 Å². The highest BCUT2D eigenvalue weighted by atomic mass is 16.5. The van der Waals surface area contributed by atoms with Gasteiger partial charge in [-0.3, -0.25) is 4.79 Å². The van der Waals surface area contributed by atoms with Crippen molar-refractivity contribution in [2.24, 2.45) is 0 Å². The average Bonchev–Trinajstić information content (AvgIpc) is 3.04. The summed E-state index contributed by atoms with van der Waals surface area (Å²) in [5, 5.41) is 6.82. The molecule has 5 nitrogen and oxygen atoms in total. The quantitative estimate of drug-likeness (QED) is 0.610. The summed E-state index contributed by atoms with van der Waals surface area (Å²) in [5.41, 5.74) is 5.07. The second-order valence-corrected chi connectivity index (χ2v) is 7.28. The Bertz CT molecular complexity index is 972. The van der Waals surface area contributed by atoms with Gasteiger partial charge in [-0.15, -0.1) is 0 Å². The fourth-order valence-corrected chi connectivity index (χ4v) is 2.91. The summed E-state index contributed by atoms with van der Waals surface area (Å²) in [7, 11) is 0. The summed E-state index contributed by atoms with van der Waals surface area (Å²) in [6.45, 7) is 10.3. The first-order valence-electron chi connectivity index (χ1n) is 9.42. The van der Waals surface area contributed by atoms with Crippen molar-refractivity contribution in [2.45, 2.75) is 47.1 Å². The molecule has 1 N–H and O–H groups in total. The number of benzene rings is 2. The molecule has 3 rings (SSSR count). The molecule has 0 saturated carbocycles. The molecule has 146 valence electrons. The minimum atomic E-state index is -0.311. The number of hydrogen-bond donors (Lipinski definition) is 1. The van der Waals surface area contributed by atoms with Crippen molar-refractivity contribution >= 4 is 11.6 Å². The van der Waals surface area contributed by atoms with E-state index in [2.05, 4.69) is 24.3 Å². The first kappa shape index (κ1) is 19.7. The van der Waals surface area contributed by atoms with Crippen LogP contribution in [0.5, 0.6) is 5.75 Å². The smallest absolute Gasteiger partial charge is 0.278 e. The fraction of sp³-hybridized carbons (Fsp3) is 0.304. The molecule has 1 amide bonds. The van der Waals surface area contributed by atoms with Crippen molar-refractivity contribution in [3.63, 3.8) is 0 Å². The van der Waals surface area contributed by atoms with Crippen LogP contribution in [-0.2, 0) is 6.61 Å². The van der Waals surface area contributed by atoms with Gasteiger partial charge in [0.25, 0.3) is 5.91 Å². The summed E-state index contributed by atoms with van der Waals surface area (Å²) in [5.74, 6) is 1.49. The molecule has 0 aliphatic heterocycles. The minimum Gasteiger partial charge on any atom is -0.488 e. The monoisotopic (exact) mass is 378 g/mol. The van der Waals surface area contributed by atoms with E-state index in [9.17, 15) is 4.79 Å². The molecule has 0 saturated heterocycles. The van der Waals surface area contributed by atoms with Crippen molar-refractivity contribution in [3.05, 3.63) is 76.2 Å². The number of anilines is 1. The Balaban J connectivity index is 1.74. The zero-order chi connectivity index (χ0) is 20.3. The zero-order valence-electron chi connectivity index (χ0n) is 17.0. The van der Waals surface area contributed by atoms with Gasteiger partial charge in [-0.25, -0.2) is 0 Å². The third kappa shape index (κ3) is 4.25. The summed E-state index contributed by atoms with van der Waals surface area (Å²) in [6.07, 6.45) is 0. The summed E-state index contributed by atoms with van der Waals surface area (Å²) >= 11 is 0. The standard InChI is InChI=1S/C23H26N2O3/c1-14(2)18-9-11-19(12-10-18)24-23(26)22-20(17(5)28-25-22)13-27-21-8-6-7-15(3)16(21)4/h6-12,14H,13H2,1-5H3,(H,24,26). The number of carbonyl (C=O) groups excluding carboxylic acids is 1. The number of carbonyl (C=O) groups is 1. The van der Waals surface area contributed by atoms with Crippen LogP contribution in [0.15, 0.2) is 47.0 Å². The van der Waals surface area contributed by atoms with Gasteiger partial charge in [0.15, 0.2) is 5.69 Å². The number of nitrogens with zero attached hydrogens (tertiary/aromatic N) is 1. The lowest BCUT2D eigenvalue weighted by molar-refractivity contribution is 0.101. The first-order valence-corrected chi connectivity index (χ1v) is 9.42. The second-order valence-electron chi connectivity index (χ2n) is 7.28. The van der Waals surface area contributed by atoms with Crippen molar-refractivity contribution in [2.75, 3.05) is 5.32 Å². The van der Waals surface area contributed by atoms with Crippen LogP contribution in [-0.4, -0.2) is 11.1 Å². The van der Waals surface area contributed by atoms with Crippen LogP contribution < -0.4 is 10.1 Å². The number of amides is 1. The van der Waals surface area contributed by atoms with Crippen molar-refractivity contribution in [1.29, 1.82) is 0 Å². The first-order chi connectivity index (χ1) is 13.4. The topological polar surface area (TPSA) is 64.4 Å². The fourth-order valence-electron chi connectivity index (χ4n) is 2.91. The van der Waals surface area contributed by atoms with Crippen LogP contribution in [0.2, 0.25) is 0 Å². The third-order valence-electron chi connectivity index (χ3n) is 4.96. The Hall–Kier alpha value is -3.08. The lowest BCUT2D eigenvalue weighted by Gasteiger charge is -2.11. The maximum absolute atomic E-state index is 12.7. The molecule has 0 bridgehead atoms. The molecule has 0 unspecified atom stereocenters. The molecule has 1 heterocycles. The Morgan fingerprint density at radius 1 is 1.11 bits per heavy atom. The Kier molecular flexibility index (Phi) is 5.83. The van der Waals surface area contributed by atoms with E-state index >= 15 is 0 Å². The van der Waals surface area contributed by atoms with Crippen LogP contribution in [0.3, 0.4) is 0 Å². The van der Waals surface area contributed by atoms with Gasteiger partial charge in [0, 0.05) is 5.69 Å². The number of rotatable bonds is 6. The van der Waals surface area contributed by atoms with E-state index < -0.39 is 0 Å². The van der Waals surface area contributed by atoms with Gasteiger partial charge in [-0.05, 0) is 61.6 Å². The summed E-state index contributed by atoms with van der Waals surface area (Å²) < 4.78 is 11.2. The van der Waals surface area contributed by atoms with Gasteiger partial charge in [0.2, 0.25) is 0 Å². The van der Waals surface area contributed by atoms with Gasteiger partial charge in [0.05, 0.1) is 5.56 Å². The molecule has 0 aliphatic rings. The number of nitrogens with one attached hydrogen (secondary N) is 1. The number of hydrogen-bond acceptors (Lipinski definition) is 4. The Morgan fingerprint density at radius 3 is 2.50 bits per heavy atom. The van der Waals surface area contributed by atoms with Gasteiger partial charge < -0.3 is 14.6 Å². The van der Waals surface area contributed by atoms with E-state index in [1.807, 2.05) is 56.3 Å². The molecule has 0 aliphatic carbocycles. The molecule has 0 radical (unpaired) electrons. The second kappa shape index (κ2) is 8.30. The van der Waals surface area contributed by atoms with Crippen LogP contribution in [0.1, 0.15) is 58.3 Å². The van der Waals surface area contributed by atoms with E-state index in [-0.39, 0.29) is 18.2 Å². The predicted octanol–water partition coefficient (Wildman–Crippen LogP) is 5.55. The van der Waals surface area contributed by atoms with Crippen LogP contribution in [0, 0.1) is 20.8 Å². The van der Waals surface area contributed by atoms with E-state index in [4.69, 9.17) is 9.26 Å². The molecule has 0 atom stereocenters. The Labute approximate surface area is 165 Å². The van der Waals surface area contributed by atoms with Gasteiger partial charge in [-0.1, -0.05) is 43.3 Å². The van der Waals surface area contributed by atoms with E-state index in [1.165, 1.54) is 5.56 Å². The molecule has 0 spiro atoms. The third-order valence-corrected chi connectivity index (χ3v) is 4.96. The molecular weight excluding hydrogens is 352 g/mol. The summed E-state index contributed by atoms with van der Waals surface area (Å²) in [4.78, 5) is 12.7. The molecular formula is C23H26N2O3. The predicted molar refractivity (Wildman–Crippen MR) is 110 cm³/mol. The normalized spacial score (nSPS) is 10.9. The summed E-state index contributed by atoms with van der Waals surface area (Å²) in [6, 6.07) is 13.7. The largest absolute Gasteiger partial charge is 0.488 e. The highest BCUT2D eigenvalue weighted by molar-refractivity contribution is 6.03. The lowest BCUT2D eigenvalue weighted by atomic mass is 10.0. The van der Waals surface area contributed by atoms with Crippen molar-refractivity contribution < 1.29 is 14.1 Å². The van der Waals surface area contributed by atoms with Crippen molar-refractivity contribution in [3.8, 4) is 5.75 Å². The number of aryl methyl sites for hydroxylation is 2. The van der Waals surface area contributed by atoms with E-state index in [1.54, 1.807) is 6.92 Å². The van der Waals surface area contributed by atoms with Gasteiger partial charge in [0.1, 0.15) is 18.1 Å². The highest BCUT2D eigenvalue weighted by Crippen LogP contribution is 2.24. The number of aromatic nitrogens is 1. The molecule has 2 aromatic carbocycles. The molecule has 5 heteroatoms. The van der Waals surface area contributed by atoms with Crippen LogP contribution in [0.25, 0.3) is 0 Å². The molecule has 1 aromatic heterocycles. The van der Waals surface area contributed by atoms with Crippen LogP contribution in [0.4, 0.5) is 5.69 Å². The minimum absolute atomic E-state index is 0.217. The Morgan fingerprint density at radius 2 is 1.82 bits per heavy atom. The highest BCUT2D eigenvalue weighted by Gasteiger charge is 2.21. The SMILES string of the molecule is Cc1cccc(OCc2c(C(=O)Nc3ccc(C(C)C)cc3)noc2C)c1C. The zero-order valence-corrected chi connectivity index (χ0v) is 17.0. The van der Waals surface area contributed by atoms with Gasteiger partial charge >= 0.3 is 0 Å². The van der Waals surface area contributed by atoms with E-state index in [0.29, 0.717) is 17.2 Å². The maximum Gasteiger partial charge on any atom is 0.278 e. The molecule has 0 fully saturated rings. The van der Waals surface area contributed by atoms with Gasteiger partial charge in [-0.2, -0.15) is 0 Å². The average molecular weight is 378 g/mol. The number of ether oxygens (including phenoxy) is 1. The lowest BCUT2D eigenvalue weighted by Crippen LogP contribution is -2.15. The van der Waals surface area contributed by atoms with Crippen molar-refractivity contribution in [1.82, 2.24) is 5.16 Å². The van der Waals surface area contributed by atoms with E-state index in [0.717, 1.165) is 22.6 Å². The molecule has 3 aromatic rings. The molecule has 28 heavy (non-hydrogen) atoms.